The molecule has 5 nitrogen and oxygen atoms in total. The van der Waals surface area contributed by atoms with Crippen molar-refractivity contribution in [3.8, 4) is 0 Å². The van der Waals surface area contributed by atoms with E-state index in [9.17, 15) is 14.0 Å². The summed E-state index contributed by atoms with van der Waals surface area (Å²) in [6, 6.07) is 8.67. The van der Waals surface area contributed by atoms with Crippen LogP contribution in [0, 0.1) is 5.82 Å². The van der Waals surface area contributed by atoms with E-state index in [1.165, 1.54) is 30.0 Å². The summed E-state index contributed by atoms with van der Waals surface area (Å²) in [5.41, 5.74) is 0.925. The van der Waals surface area contributed by atoms with Crippen molar-refractivity contribution in [1.29, 1.82) is 0 Å². The summed E-state index contributed by atoms with van der Waals surface area (Å²) < 4.78 is 14.9. The number of carbonyl (C=O) groups is 2. The van der Waals surface area contributed by atoms with Crippen molar-refractivity contribution in [3.63, 3.8) is 0 Å². The van der Waals surface area contributed by atoms with Gasteiger partial charge in [-0.3, -0.25) is 9.59 Å². The van der Waals surface area contributed by atoms with Gasteiger partial charge in [-0.05, 0) is 30.3 Å². The minimum Gasteiger partial charge on any atom is -0.347 e. The number of hydrogen-bond donors (Lipinski definition) is 1. The number of hydrogen-bond acceptors (Lipinski definition) is 3. The number of aryl methyl sites for hydroxylation is 1. The minimum atomic E-state index is -0.564. The van der Waals surface area contributed by atoms with Crippen LogP contribution in [0.2, 0.25) is 0 Å². The maximum Gasteiger partial charge on any atom is 0.271 e. The summed E-state index contributed by atoms with van der Waals surface area (Å²) in [6.07, 6.45) is 1.79. The van der Waals surface area contributed by atoms with Crippen LogP contribution in [0.5, 0.6) is 0 Å². The lowest BCUT2D eigenvalue weighted by atomic mass is 10.2. The highest BCUT2D eigenvalue weighted by atomic mass is 32.2. The number of carbonyl (C=O) groups excluding carboxylic acids is 2. The third-order valence-corrected chi connectivity index (χ3v) is 4.71. The summed E-state index contributed by atoms with van der Waals surface area (Å²) in [7, 11) is 1.79. The maximum atomic E-state index is 13.2. The molecule has 1 aliphatic heterocycles. The molecule has 1 aromatic heterocycles. The number of halogens is 1. The van der Waals surface area contributed by atoms with Crippen molar-refractivity contribution in [2.75, 3.05) is 16.9 Å². The summed E-state index contributed by atoms with van der Waals surface area (Å²) in [4.78, 5) is 26.6. The van der Waals surface area contributed by atoms with Crippen LogP contribution in [-0.4, -0.2) is 39.0 Å². The van der Waals surface area contributed by atoms with Gasteiger partial charge in [-0.15, -0.1) is 11.8 Å². The second-order valence-electron chi connectivity index (χ2n) is 5.29. The van der Waals surface area contributed by atoms with Gasteiger partial charge < -0.3 is 14.8 Å². The first-order valence-electron chi connectivity index (χ1n) is 7.13. The third kappa shape index (κ3) is 3.24. The molecule has 1 unspecified atom stereocenters. The largest absolute Gasteiger partial charge is 0.347 e. The molecule has 1 atom stereocenters. The van der Waals surface area contributed by atoms with Crippen LogP contribution in [0.4, 0.5) is 10.1 Å². The molecule has 0 radical (unpaired) electrons. The van der Waals surface area contributed by atoms with E-state index < -0.39 is 11.9 Å². The summed E-state index contributed by atoms with van der Waals surface area (Å²) in [5.74, 6) is 0.0909. The second kappa shape index (κ2) is 6.45. The average molecular weight is 333 g/mol. The van der Waals surface area contributed by atoms with Gasteiger partial charge in [0.25, 0.3) is 5.91 Å². The predicted molar refractivity (Wildman–Crippen MR) is 87.7 cm³/mol. The molecule has 1 aromatic carbocycles. The number of anilines is 1. The molecule has 1 saturated heterocycles. The predicted octanol–water partition coefficient (Wildman–Crippen LogP) is 2.32. The van der Waals surface area contributed by atoms with Gasteiger partial charge in [-0.1, -0.05) is 6.07 Å². The lowest BCUT2D eigenvalue weighted by Gasteiger charge is -2.23. The normalized spacial score (nSPS) is 17.3. The molecule has 0 saturated carbocycles. The molecular weight excluding hydrogens is 317 g/mol. The zero-order valence-corrected chi connectivity index (χ0v) is 13.3. The molecule has 0 bridgehead atoms. The van der Waals surface area contributed by atoms with Crippen molar-refractivity contribution < 1.29 is 14.0 Å². The van der Waals surface area contributed by atoms with Crippen LogP contribution in [-0.2, 0) is 11.8 Å². The van der Waals surface area contributed by atoms with E-state index >= 15 is 0 Å². The van der Waals surface area contributed by atoms with Crippen molar-refractivity contribution >= 4 is 29.3 Å². The van der Waals surface area contributed by atoms with Crippen LogP contribution in [0.25, 0.3) is 0 Å². The molecular formula is C16H16FN3O2S. The first-order chi connectivity index (χ1) is 11.1. The quantitative estimate of drug-likeness (QED) is 0.938. The first-order valence-corrected chi connectivity index (χ1v) is 8.28. The summed E-state index contributed by atoms with van der Waals surface area (Å²) in [5, 5.41) is 2.68. The van der Waals surface area contributed by atoms with Gasteiger partial charge in [0.05, 0.1) is 5.88 Å². The average Bonchev–Trinajstić information content (AvgIpc) is 3.15. The molecule has 7 heteroatoms. The topological polar surface area (TPSA) is 54.3 Å². The van der Waals surface area contributed by atoms with E-state index in [1.807, 2.05) is 0 Å². The van der Waals surface area contributed by atoms with Crippen LogP contribution in [0.15, 0.2) is 42.6 Å². The van der Waals surface area contributed by atoms with Crippen LogP contribution >= 0.6 is 11.8 Å². The smallest absolute Gasteiger partial charge is 0.271 e. The Morgan fingerprint density at radius 2 is 2.13 bits per heavy atom. The molecule has 0 spiro atoms. The number of rotatable bonds is 3. The van der Waals surface area contributed by atoms with Gasteiger partial charge in [0.15, 0.2) is 0 Å². The van der Waals surface area contributed by atoms with Crippen molar-refractivity contribution in [2.45, 2.75) is 6.04 Å². The van der Waals surface area contributed by atoms with Crippen LogP contribution in [0.3, 0.4) is 0 Å². The molecule has 1 N–H and O–H groups in total. The van der Waals surface area contributed by atoms with E-state index in [-0.39, 0.29) is 11.8 Å². The number of benzene rings is 1. The van der Waals surface area contributed by atoms with Crippen molar-refractivity contribution in [3.05, 3.63) is 54.1 Å². The Labute approximate surface area is 137 Å². The van der Waals surface area contributed by atoms with Crippen molar-refractivity contribution in [2.24, 2.45) is 7.05 Å². The fourth-order valence-corrected chi connectivity index (χ4v) is 3.64. The number of amides is 2. The van der Waals surface area contributed by atoms with Gasteiger partial charge in [-0.2, -0.15) is 0 Å². The molecule has 2 heterocycles. The molecule has 2 aromatic rings. The van der Waals surface area contributed by atoms with E-state index in [0.717, 1.165) is 0 Å². The molecule has 23 heavy (non-hydrogen) atoms. The Morgan fingerprint density at radius 3 is 2.83 bits per heavy atom. The highest BCUT2D eigenvalue weighted by Crippen LogP contribution is 2.24. The standard InChI is InChI=1S/C16H16FN3O2S/c1-19-7-3-6-13(19)16(22)20-10-23-9-14(20)15(21)18-12-5-2-4-11(17)8-12/h2-8,14H,9-10H2,1H3,(H,18,21). The number of nitrogens with one attached hydrogen (secondary N) is 1. The lowest BCUT2D eigenvalue weighted by molar-refractivity contribution is -0.119. The lowest BCUT2D eigenvalue weighted by Crippen LogP contribution is -2.45. The molecule has 1 fully saturated rings. The molecule has 3 rings (SSSR count). The van der Waals surface area contributed by atoms with Gasteiger partial charge >= 0.3 is 0 Å². The Morgan fingerprint density at radius 1 is 1.30 bits per heavy atom. The Kier molecular flexibility index (Phi) is 4.38. The third-order valence-electron chi connectivity index (χ3n) is 3.70. The van der Waals surface area contributed by atoms with E-state index in [4.69, 9.17) is 0 Å². The summed E-state index contributed by atoms with van der Waals surface area (Å²) in [6.45, 7) is 0. The Balaban J connectivity index is 1.75. The highest BCUT2D eigenvalue weighted by molar-refractivity contribution is 7.99. The SMILES string of the molecule is Cn1cccc1C(=O)N1CSCC1C(=O)Nc1cccc(F)c1. The summed E-state index contributed by atoms with van der Waals surface area (Å²) >= 11 is 1.52. The molecule has 2 amide bonds. The number of nitrogens with zero attached hydrogens (tertiary/aromatic N) is 2. The van der Waals surface area contributed by atoms with Crippen LogP contribution < -0.4 is 5.32 Å². The van der Waals surface area contributed by atoms with Crippen molar-refractivity contribution in [1.82, 2.24) is 9.47 Å². The molecule has 0 aliphatic carbocycles. The molecule has 1 aliphatic rings. The zero-order valence-electron chi connectivity index (χ0n) is 12.5. The molecule has 120 valence electrons. The van der Waals surface area contributed by atoms with Gasteiger partial charge in [-0.25, -0.2) is 4.39 Å². The van der Waals surface area contributed by atoms with E-state index in [1.54, 1.807) is 40.9 Å². The number of thioether (sulfide) groups is 1. The monoisotopic (exact) mass is 333 g/mol. The van der Waals surface area contributed by atoms with Crippen LogP contribution in [0.1, 0.15) is 10.5 Å². The fraction of sp³-hybridized carbons (Fsp3) is 0.250. The maximum absolute atomic E-state index is 13.2. The van der Waals surface area contributed by atoms with E-state index in [0.29, 0.717) is 23.0 Å². The zero-order chi connectivity index (χ0) is 16.4. The Hall–Kier alpha value is -2.28. The second-order valence-corrected chi connectivity index (χ2v) is 6.29. The Bertz CT molecular complexity index is 746. The fourth-order valence-electron chi connectivity index (χ4n) is 2.48. The van der Waals surface area contributed by atoms with Gasteiger partial charge in [0, 0.05) is 24.7 Å². The van der Waals surface area contributed by atoms with E-state index in [2.05, 4.69) is 5.32 Å². The van der Waals surface area contributed by atoms with Gasteiger partial charge in [0.1, 0.15) is 17.6 Å². The highest BCUT2D eigenvalue weighted by Gasteiger charge is 2.35. The number of aromatic nitrogens is 1. The minimum absolute atomic E-state index is 0.179. The van der Waals surface area contributed by atoms with Gasteiger partial charge in [0.2, 0.25) is 5.91 Å². The first kappa shape index (κ1) is 15.6.